The minimum absolute atomic E-state index is 0.0673. The van der Waals surface area contributed by atoms with Gasteiger partial charge in [0.1, 0.15) is 0 Å². The number of benzene rings is 1. The van der Waals surface area contributed by atoms with Crippen molar-refractivity contribution in [2.75, 3.05) is 0 Å². The molecule has 0 heterocycles. The maximum Gasteiger partial charge on any atom is 0.0684 e. The van der Waals surface area contributed by atoms with Crippen LogP contribution in [0, 0.1) is 6.92 Å². The lowest BCUT2D eigenvalue weighted by atomic mass is 9.94. The predicted molar refractivity (Wildman–Crippen MR) is 70.9 cm³/mol. The average molecular weight is 236 g/mol. The highest BCUT2D eigenvalue weighted by Crippen LogP contribution is 2.21. The highest BCUT2D eigenvalue weighted by atomic mass is 16.3. The van der Waals surface area contributed by atoms with Crippen LogP contribution in [0.4, 0.5) is 0 Å². The largest absolute Gasteiger partial charge is 0.392 e. The van der Waals surface area contributed by atoms with Crippen molar-refractivity contribution in [1.82, 2.24) is 0 Å². The lowest BCUT2D eigenvalue weighted by molar-refractivity contribution is 0.272. The van der Waals surface area contributed by atoms with Gasteiger partial charge in [-0.2, -0.15) is 0 Å². The van der Waals surface area contributed by atoms with E-state index in [-0.39, 0.29) is 13.2 Å². The van der Waals surface area contributed by atoms with Gasteiger partial charge in [0.15, 0.2) is 0 Å². The molecule has 0 atom stereocenters. The van der Waals surface area contributed by atoms with Crippen molar-refractivity contribution in [2.45, 2.75) is 59.2 Å². The van der Waals surface area contributed by atoms with Crippen LogP contribution >= 0.6 is 0 Å². The van der Waals surface area contributed by atoms with Crippen molar-refractivity contribution in [2.24, 2.45) is 0 Å². The highest BCUT2D eigenvalue weighted by Gasteiger charge is 2.08. The molecule has 2 N–H and O–H groups in total. The molecule has 1 rings (SSSR count). The van der Waals surface area contributed by atoms with Gasteiger partial charge in [-0.05, 0) is 36.5 Å². The monoisotopic (exact) mass is 236 g/mol. The molecule has 96 valence electrons. The molecular formula is C15H24O2. The second kappa shape index (κ2) is 7.46. The van der Waals surface area contributed by atoms with Gasteiger partial charge in [0, 0.05) is 0 Å². The predicted octanol–water partition coefficient (Wildman–Crippen LogP) is 3.10. The third-order valence-electron chi connectivity index (χ3n) is 3.20. The molecule has 1 aromatic rings. The second-order valence-corrected chi connectivity index (χ2v) is 4.69. The third-order valence-corrected chi connectivity index (χ3v) is 3.20. The number of unbranched alkanes of at least 4 members (excludes halogenated alkanes) is 3. The zero-order valence-electron chi connectivity index (χ0n) is 11.0. The molecule has 0 aromatic heterocycles. The van der Waals surface area contributed by atoms with E-state index in [9.17, 15) is 10.2 Å². The normalized spacial score (nSPS) is 10.8. The number of aliphatic hydroxyl groups excluding tert-OH is 2. The fraction of sp³-hybridized carbons (Fsp3) is 0.600. The van der Waals surface area contributed by atoms with Gasteiger partial charge in [0.2, 0.25) is 0 Å². The van der Waals surface area contributed by atoms with Gasteiger partial charge in [-0.15, -0.1) is 0 Å². The minimum Gasteiger partial charge on any atom is -0.392 e. The van der Waals surface area contributed by atoms with Gasteiger partial charge in [-0.1, -0.05) is 43.9 Å². The number of aliphatic hydroxyl groups is 2. The van der Waals surface area contributed by atoms with Crippen LogP contribution in [0.1, 0.15) is 54.9 Å². The molecule has 2 heteroatoms. The summed E-state index contributed by atoms with van der Waals surface area (Å²) in [6.07, 6.45) is 5.81. The SMILES string of the molecule is CCCCCCc1c(CO)cc(C)cc1CO. The number of hydrogen-bond donors (Lipinski definition) is 2. The summed E-state index contributed by atoms with van der Waals surface area (Å²) in [5.41, 5.74) is 4.21. The van der Waals surface area contributed by atoms with Crippen LogP contribution in [0.25, 0.3) is 0 Å². The van der Waals surface area contributed by atoms with Crippen molar-refractivity contribution >= 4 is 0 Å². The van der Waals surface area contributed by atoms with E-state index >= 15 is 0 Å². The van der Waals surface area contributed by atoms with E-state index < -0.39 is 0 Å². The standard InChI is InChI=1S/C15H24O2/c1-3-4-5-6-7-15-13(10-16)8-12(2)9-14(15)11-17/h8-9,16-17H,3-7,10-11H2,1-2H3. The number of aryl methyl sites for hydroxylation is 1. The summed E-state index contributed by atoms with van der Waals surface area (Å²) < 4.78 is 0. The van der Waals surface area contributed by atoms with Gasteiger partial charge in [-0.3, -0.25) is 0 Å². The molecule has 0 radical (unpaired) electrons. The van der Waals surface area contributed by atoms with Crippen LogP contribution < -0.4 is 0 Å². The van der Waals surface area contributed by atoms with Crippen molar-refractivity contribution in [3.8, 4) is 0 Å². The van der Waals surface area contributed by atoms with Crippen LogP contribution in [0.15, 0.2) is 12.1 Å². The summed E-state index contributed by atoms with van der Waals surface area (Å²) in [6, 6.07) is 4.04. The van der Waals surface area contributed by atoms with Gasteiger partial charge >= 0.3 is 0 Å². The molecule has 0 saturated heterocycles. The van der Waals surface area contributed by atoms with E-state index in [2.05, 4.69) is 6.92 Å². The number of rotatable bonds is 7. The van der Waals surface area contributed by atoms with Crippen LogP contribution in [0.3, 0.4) is 0 Å². The summed E-state index contributed by atoms with van der Waals surface area (Å²) in [5, 5.41) is 18.8. The Labute approximate surface area is 104 Å². The summed E-state index contributed by atoms with van der Waals surface area (Å²) >= 11 is 0. The summed E-state index contributed by atoms with van der Waals surface area (Å²) in [7, 11) is 0. The van der Waals surface area contributed by atoms with E-state index in [0.29, 0.717) is 0 Å². The lowest BCUT2D eigenvalue weighted by Crippen LogP contribution is -2.02. The van der Waals surface area contributed by atoms with Crippen molar-refractivity contribution in [3.63, 3.8) is 0 Å². The van der Waals surface area contributed by atoms with Crippen molar-refractivity contribution < 1.29 is 10.2 Å². The zero-order valence-corrected chi connectivity index (χ0v) is 11.0. The molecule has 0 aliphatic carbocycles. The Kier molecular flexibility index (Phi) is 6.23. The molecule has 1 aromatic carbocycles. The molecule has 0 aliphatic heterocycles. The van der Waals surface area contributed by atoms with E-state index in [1.54, 1.807) is 0 Å². The average Bonchev–Trinajstić information content (AvgIpc) is 2.35. The summed E-state index contributed by atoms with van der Waals surface area (Å²) in [5.74, 6) is 0. The van der Waals surface area contributed by atoms with Gasteiger partial charge in [0.05, 0.1) is 13.2 Å². The maximum absolute atomic E-state index is 9.38. The molecule has 2 nitrogen and oxygen atoms in total. The van der Waals surface area contributed by atoms with Crippen LogP contribution in [-0.4, -0.2) is 10.2 Å². The highest BCUT2D eigenvalue weighted by molar-refractivity contribution is 5.38. The number of hydrogen-bond acceptors (Lipinski definition) is 2. The maximum atomic E-state index is 9.38. The first-order valence-corrected chi connectivity index (χ1v) is 6.55. The van der Waals surface area contributed by atoms with Crippen molar-refractivity contribution in [3.05, 3.63) is 34.4 Å². The Hall–Kier alpha value is -0.860. The molecule has 0 unspecified atom stereocenters. The summed E-state index contributed by atoms with van der Waals surface area (Å²) in [6.45, 7) is 4.33. The van der Waals surface area contributed by atoms with Gasteiger partial charge < -0.3 is 10.2 Å². The third kappa shape index (κ3) is 4.14. The van der Waals surface area contributed by atoms with Crippen LogP contribution in [0.5, 0.6) is 0 Å². The molecule has 0 bridgehead atoms. The molecule has 0 amide bonds. The quantitative estimate of drug-likeness (QED) is 0.714. The van der Waals surface area contributed by atoms with Crippen LogP contribution in [-0.2, 0) is 19.6 Å². The van der Waals surface area contributed by atoms with Crippen LogP contribution in [0.2, 0.25) is 0 Å². The first kappa shape index (κ1) is 14.2. The van der Waals surface area contributed by atoms with Gasteiger partial charge in [0.25, 0.3) is 0 Å². The molecule has 0 aliphatic rings. The van der Waals surface area contributed by atoms with E-state index in [0.717, 1.165) is 35.1 Å². The molecule has 0 saturated carbocycles. The molecular weight excluding hydrogens is 212 g/mol. The Morgan fingerprint density at radius 1 is 0.941 bits per heavy atom. The Bertz CT molecular complexity index is 320. The summed E-state index contributed by atoms with van der Waals surface area (Å²) in [4.78, 5) is 0. The first-order valence-electron chi connectivity index (χ1n) is 6.55. The van der Waals surface area contributed by atoms with E-state index in [1.807, 2.05) is 19.1 Å². The lowest BCUT2D eigenvalue weighted by Gasteiger charge is -2.13. The topological polar surface area (TPSA) is 40.5 Å². The fourth-order valence-electron chi connectivity index (χ4n) is 2.30. The second-order valence-electron chi connectivity index (χ2n) is 4.69. The van der Waals surface area contributed by atoms with Gasteiger partial charge in [-0.25, -0.2) is 0 Å². The van der Waals surface area contributed by atoms with Crippen molar-refractivity contribution in [1.29, 1.82) is 0 Å². The molecule has 17 heavy (non-hydrogen) atoms. The van der Waals surface area contributed by atoms with E-state index in [1.165, 1.54) is 19.3 Å². The Balaban J connectivity index is 2.79. The first-order chi connectivity index (χ1) is 8.22. The fourth-order valence-corrected chi connectivity index (χ4v) is 2.30. The van der Waals surface area contributed by atoms with E-state index in [4.69, 9.17) is 0 Å². The Morgan fingerprint density at radius 3 is 2.00 bits per heavy atom. The molecule has 0 spiro atoms. The Morgan fingerprint density at radius 2 is 1.53 bits per heavy atom. The molecule has 0 fully saturated rings. The zero-order chi connectivity index (χ0) is 12.7. The minimum atomic E-state index is 0.0673. The smallest absolute Gasteiger partial charge is 0.0684 e.